The van der Waals surface area contributed by atoms with Gasteiger partial charge in [-0.1, -0.05) is 11.6 Å². The van der Waals surface area contributed by atoms with Crippen molar-refractivity contribution in [3.63, 3.8) is 0 Å². The van der Waals surface area contributed by atoms with Crippen molar-refractivity contribution < 1.29 is 9.66 Å². The Balaban J connectivity index is 2.04. The summed E-state index contributed by atoms with van der Waals surface area (Å²) in [5.74, 6) is 0.919. The maximum atomic E-state index is 10.6. The first kappa shape index (κ1) is 14.6. The Bertz CT molecular complexity index is 618. The number of pyridine rings is 1. The summed E-state index contributed by atoms with van der Waals surface area (Å²) in [7, 11) is 0. The number of nitrogens with zero attached hydrogens (tertiary/aromatic N) is 2. The first-order valence-corrected chi connectivity index (χ1v) is 6.58. The summed E-state index contributed by atoms with van der Waals surface area (Å²) in [5.41, 5.74) is 1.37. The molecule has 1 aromatic heterocycles. The number of aromatic nitrogens is 1. The topological polar surface area (TPSA) is 65.3 Å². The van der Waals surface area contributed by atoms with Crippen molar-refractivity contribution in [2.45, 2.75) is 12.5 Å². The minimum Gasteiger partial charge on any atom is -0.487 e. The Morgan fingerprint density at radius 1 is 1.30 bits per heavy atom. The molecule has 1 heterocycles. The molecule has 0 unspecified atom stereocenters. The van der Waals surface area contributed by atoms with Crippen molar-refractivity contribution in [2.24, 2.45) is 0 Å². The maximum Gasteiger partial charge on any atom is 0.270 e. The number of hydrogen-bond donors (Lipinski definition) is 0. The minimum atomic E-state index is -0.495. The van der Waals surface area contributed by atoms with Gasteiger partial charge in [0.25, 0.3) is 5.69 Å². The lowest BCUT2D eigenvalue weighted by molar-refractivity contribution is -0.384. The predicted octanol–water partition coefficient (Wildman–Crippen LogP) is 3.96. The van der Waals surface area contributed by atoms with E-state index >= 15 is 0 Å². The van der Waals surface area contributed by atoms with Crippen LogP contribution < -0.4 is 4.74 Å². The molecule has 104 valence electrons. The van der Waals surface area contributed by atoms with Crippen LogP contribution in [0.2, 0.25) is 5.02 Å². The van der Waals surface area contributed by atoms with Crippen LogP contribution in [0.15, 0.2) is 36.5 Å². The summed E-state index contributed by atoms with van der Waals surface area (Å²) < 4.78 is 5.51. The van der Waals surface area contributed by atoms with Crippen LogP contribution in [0, 0.1) is 10.1 Å². The molecule has 0 saturated carbocycles. The predicted molar refractivity (Wildman–Crippen MR) is 76.2 cm³/mol. The monoisotopic (exact) mass is 312 g/mol. The number of alkyl halides is 1. The lowest BCUT2D eigenvalue weighted by Gasteiger charge is -2.07. The fourth-order valence-corrected chi connectivity index (χ4v) is 1.89. The number of nitro benzene ring substituents is 1. The second-order valence-corrected chi connectivity index (χ2v) is 4.61. The van der Waals surface area contributed by atoms with Gasteiger partial charge in [0.1, 0.15) is 12.4 Å². The second kappa shape index (κ2) is 6.54. The molecule has 0 fully saturated rings. The maximum absolute atomic E-state index is 10.6. The third kappa shape index (κ3) is 3.59. The molecule has 1 aromatic carbocycles. The molecule has 0 aliphatic carbocycles. The highest BCUT2D eigenvalue weighted by Gasteiger charge is 2.09. The molecule has 0 aliphatic heterocycles. The highest BCUT2D eigenvalue weighted by molar-refractivity contribution is 6.31. The van der Waals surface area contributed by atoms with E-state index in [9.17, 15) is 10.1 Å². The van der Waals surface area contributed by atoms with Gasteiger partial charge in [-0.05, 0) is 18.2 Å². The number of halogens is 2. The standard InChI is InChI=1S/C13H10Cl2N2O3/c14-6-10-2-4-12(7-16-10)20-8-9-1-3-11(17(18)19)5-13(9)15/h1-5,7H,6,8H2. The molecule has 0 atom stereocenters. The largest absolute Gasteiger partial charge is 0.487 e. The van der Waals surface area contributed by atoms with Crippen LogP contribution in [-0.2, 0) is 12.5 Å². The van der Waals surface area contributed by atoms with Gasteiger partial charge >= 0.3 is 0 Å². The molecule has 5 nitrogen and oxygen atoms in total. The van der Waals surface area contributed by atoms with Crippen LogP contribution in [0.25, 0.3) is 0 Å². The van der Waals surface area contributed by atoms with Gasteiger partial charge in [0.05, 0.1) is 27.7 Å². The number of ether oxygens (including phenoxy) is 1. The molecule has 0 aliphatic rings. The number of hydrogen-bond acceptors (Lipinski definition) is 4. The van der Waals surface area contributed by atoms with Gasteiger partial charge in [-0.3, -0.25) is 15.1 Å². The molecule has 0 amide bonds. The van der Waals surface area contributed by atoms with E-state index in [-0.39, 0.29) is 12.3 Å². The zero-order valence-corrected chi connectivity index (χ0v) is 11.8. The Morgan fingerprint density at radius 2 is 2.10 bits per heavy atom. The Hall–Kier alpha value is -1.85. The molecule has 0 spiro atoms. The van der Waals surface area contributed by atoms with E-state index in [4.69, 9.17) is 27.9 Å². The van der Waals surface area contributed by atoms with Gasteiger partial charge in [-0.2, -0.15) is 0 Å². The average Bonchev–Trinajstić information content (AvgIpc) is 2.46. The van der Waals surface area contributed by atoms with Crippen molar-refractivity contribution in [3.05, 3.63) is 62.9 Å². The minimum absolute atomic E-state index is 0.0492. The molecular weight excluding hydrogens is 303 g/mol. The fraction of sp³-hybridized carbons (Fsp3) is 0.154. The third-order valence-electron chi connectivity index (χ3n) is 2.58. The number of non-ortho nitro benzene ring substituents is 1. The zero-order valence-electron chi connectivity index (χ0n) is 10.3. The molecule has 0 radical (unpaired) electrons. The fourth-order valence-electron chi connectivity index (χ4n) is 1.50. The van der Waals surface area contributed by atoms with Gasteiger partial charge in [-0.25, -0.2) is 0 Å². The first-order chi connectivity index (χ1) is 9.60. The summed E-state index contributed by atoms with van der Waals surface area (Å²) in [6, 6.07) is 7.78. The van der Waals surface area contributed by atoms with E-state index in [1.807, 2.05) is 0 Å². The molecule has 20 heavy (non-hydrogen) atoms. The highest BCUT2D eigenvalue weighted by atomic mass is 35.5. The van der Waals surface area contributed by atoms with E-state index in [1.54, 1.807) is 24.4 Å². The van der Waals surface area contributed by atoms with Gasteiger partial charge in [0, 0.05) is 17.7 Å². The van der Waals surface area contributed by atoms with E-state index < -0.39 is 4.92 Å². The smallest absolute Gasteiger partial charge is 0.270 e. The van der Waals surface area contributed by atoms with Crippen LogP contribution in [0.5, 0.6) is 5.75 Å². The van der Waals surface area contributed by atoms with Crippen molar-refractivity contribution in [3.8, 4) is 5.75 Å². The Morgan fingerprint density at radius 3 is 2.65 bits per heavy atom. The Kier molecular flexibility index (Phi) is 4.76. The van der Waals surface area contributed by atoms with E-state index in [0.717, 1.165) is 5.69 Å². The first-order valence-electron chi connectivity index (χ1n) is 5.66. The van der Waals surface area contributed by atoms with Crippen molar-refractivity contribution >= 4 is 28.9 Å². The quantitative estimate of drug-likeness (QED) is 0.476. The van der Waals surface area contributed by atoms with Gasteiger partial charge in [0.15, 0.2) is 0 Å². The average molecular weight is 313 g/mol. The molecule has 0 saturated heterocycles. The highest BCUT2D eigenvalue weighted by Crippen LogP contribution is 2.23. The van der Waals surface area contributed by atoms with Crippen LogP contribution >= 0.6 is 23.2 Å². The summed E-state index contributed by atoms with van der Waals surface area (Å²) in [4.78, 5) is 14.2. The van der Waals surface area contributed by atoms with Crippen LogP contribution in [0.1, 0.15) is 11.3 Å². The van der Waals surface area contributed by atoms with Crippen molar-refractivity contribution in [2.75, 3.05) is 0 Å². The lowest BCUT2D eigenvalue weighted by Crippen LogP contribution is -1.98. The lowest BCUT2D eigenvalue weighted by atomic mass is 10.2. The summed E-state index contributed by atoms with van der Waals surface area (Å²) in [6.07, 6.45) is 1.57. The summed E-state index contributed by atoms with van der Waals surface area (Å²) >= 11 is 11.6. The number of nitro groups is 1. The van der Waals surface area contributed by atoms with E-state index in [1.165, 1.54) is 12.1 Å². The van der Waals surface area contributed by atoms with Gasteiger partial charge < -0.3 is 4.74 Å². The summed E-state index contributed by atoms with van der Waals surface area (Å²) in [5, 5.41) is 10.9. The molecule has 2 rings (SSSR count). The van der Waals surface area contributed by atoms with E-state index in [2.05, 4.69) is 4.98 Å². The zero-order chi connectivity index (χ0) is 14.5. The SMILES string of the molecule is O=[N+]([O-])c1ccc(COc2ccc(CCl)nc2)c(Cl)c1. The molecular formula is C13H10Cl2N2O3. The Labute approximate surface area is 125 Å². The van der Waals surface area contributed by atoms with E-state index in [0.29, 0.717) is 22.2 Å². The molecule has 2 aromatic rings. The van der Waals surface area contributed by atoms with Gasteiger partial charge in [-0.15, -0.1) is 11.6 Å². The number of benzene rings is 1. The van der Waals surface area contributed by atoms with Crippen molar-refractivity contribution in [1.29, 1.82) is 0 Å². The second-order valence-electron chi connectivity index (χ2n) is 3.94. The summed E-state index contributed by atoms with van der Waals surface area (Å²) in [6.45, 7) is 0.207. The molecule has 7 heteroatoms. The third-order valence-corrected chi connectivity index (χ3v) is 3.20. The van der Waals surface area contributed by atoms with Crippen LogP contribution in [0.4, 0.5) is 5.69 Å². The van der Waals surface area contributed by atoms with Crippen LogP contribution in [-0.4, -0.2) is 9.91 Å². The molecule has 0 N–H and O–H groups in total. The van der Waals surface area contributed by atoms with Gasteiger partial charge in [0.2, 0.25) is 0 Å². The number of rotatable bonds is 5. The normalized spacial score (nSPS) is 10.3. The molecule has 0 bridgehead atoms. The van der Waals surface area contributed by atoms with Crippen LogP contribution in [0.3, 0.4) is 0 Å². The van der Waals surface area contributed by atoms with Crippen molar-refractivity contribution in [1.82, 2.24) is 4.98 Å².